The molecule has 0 aliphatic heterocycles. The van der Waals surface area contributed by atoms with Crippen LogP contribution < -0.4 is 0 Å². The smallest absolute Gasteiger partial charge is 0.379 e. The highest BCUT2D eigenvalue weighted by Crippen LogP contribution is 2.31. The maximum absolute atomic E-state index is 12.1. The van der Waals surface area contributed by atoms with Gasteiger partial charge in [0.05, 0.1) is 1.37 Å². The molecular weight excluding hydrogens is 169 g/mol. The van der Waals surface area contributed by atoms with Crippen molar-refractivity contribution < 1.29 is 19.6 Å². The number of halogens is 3. The summed E-state index contributed by atoms with van der Waals surface area (Å²) in [5, 5.41) is 8.86. The van der Waals surface area contributed by atoms with Crippen LogP contribution in [0.1, 0.15) is 13.0 Å². The summed E-state index contributed by atoms with van der Waals surface area (Å²) in [5.41, 5.74) is -0.484. The predicted octanol–water partition coefficient (Wildman–Crippen LogP) is 2.28. The third-order valence-corrected chi connectivity index (χ3v) is 1.32. The van der Waals surface area contributed by atoms with Gasteiger partial charge in [0, 0.05) is 0 Å². The Kier molecular flexibility index (Phi) is 1.99. The molecular formula is C8H7F3O. The van der Waals surface area contributed by atoms with Crippen molar-refractivity contribution in [1.29, 1.82) is 0 Å². The van der Waals surface area contributed by atoms with Gasteiger partial charge < -0.3 is 5.11 Å². The standard InChI is InChI=1S/C8H7F3O/c9-8(10,11)7(12)6-4-2-1-3-5-6/h1-5,7,12H/i7D. The van der Waals surface area contributed by atoms with Gasteiger partial charge in [0.25, 0.3) is 0 Å². The molecule has 66 valence electrons. The van der Waals surface area contributed by atoms with E-state index in [9.17, 15) is 13.2 Å². The minimum atomic E-state index is -4.98. The molecule has 0 spiro atoms. The largest absolute Gasteiger partial charge is 0.418 e. The molecule has 1 atom stereocenters. The second-order valence-corrected chi connectivity index (χ2v) is 2.21. The highest BCUT2D eigenvalue weighted by molar-refractivity contribution is 5.18. The third-order valence-electron chi connectivity index (χ3n) is 1.32. The Labute approximate surface area is 68.9 Å². The Morgan fingerprint density at radius 1 is 1.25 bits per heavy atom. The molecule has 1 aromatic carbocycles. The quantitative estimate of drug-likeness (QED) is 0.697. The maximum atomic E-state index is 12.1. The van der Waals surface area contributed by atoms with E-state index >= 15 is 0 Å². The molecule has 0 saturated heterocycles. The van der Waals surface area contributed by atoms with Gasteiger partial charge in [-0.25, -0.2) is 0 Å². The van der Waals surface area contributed by atoms with Crippen molar-refractivity contribution in [3.8, 4) is 0 Å². The first kappa shape index (κ1) is 7.61. The van der Waals surface area contributed by atoms with Crippen molar-refractivity contribution in [3.63, 3.8) is 0 Å². The summed E-state index contributed by atoms with van der Waals surface area (Å²) >= 11 is 0. The molecule has 1 unspecified atom stereocenters. The lowest BCUT2D eigenvalue weighted by atomic mass is 10.1. The van der Waals surface area contributed by atoms with Crippen LogP contribution in [0.5, 0.6) is 0 Å². The zero-order valence-electron chi connectivity index (χ0n) is 6.97. The lowest BCUT2D eigenvalue weighted by molar-refractivity contribution is -0.206. The zero-order chi connectivity index (χ0) is 10.1. The van der Waals surface area contributed by atoms with Crippen LogP contribution >= 0.6 is 0 Å². The summed E-state index contributed by atoms with van der Waals surface area (Å²) in [6.07, 6.45) is -8.50. The van der Waals surface area contributed by atoms with Crippen LogP contribution in [0.4, 0.5) is 13.2 Å². The third kappa shape index (κ3) is 1.98. The Bertz CT molecular complexity index is 281. The fraction of sp³-hybridized carbons (Fsp3) is 0.250. The number of benzene rings is 1. The van der Waals surface area contributed by atoms with Crippen LogP contribution in [0.2, 0.25) is 0 Å². The maximum Gasteiger partial charge on any atom is 0.418 e. The number of rotatable bonds is 1. The van der Waals surface area contributed by atoms with Crippen LogP contribution in [0, 0.1) is 0 Å². The monoisotopic (exact) mass is 177 g/mol. The van der Waals surface area contributed by atoms with Gasteiger partial charge in [-0.05, 0) is 5.56 Å². The van der Waals surface area contributed by atoms with Crippen LogP contribution in [-0.2, 0) is 0 Å². The lowest BCUT2D eigenvalue weighted by Gasteiger charge is -2.13. The SMILES string of the molecule is [2H]C(O)(c1ccccc1)C(F)(F)F. The van der Waals surface area contributed by atoms with Gasteiger partial charge >= 0.3 is 6.18 Å². The Morgan fingerprint density at radius 2 is 1.75 bits per heavy atom. The molecule has 0 radical (unpaired) electrons. The first-order valence-electron chi connectivity index (χ1n) is 3.70. The highest BCUT2D eigenvalue weighted by Gasteiger charge is 2.38. The molecule has 1 rings (SSSR count). The average molecular weight is 177 g/mol. The number of alkyl halides is 3. The highest BCUT2D eigenvalue weighted by atomic mass is 19.4. The van der Waals surface area contributed by atoms with Gasteiger partial charge in [-0.2, -0.15) is 13.2 Å². The molecule has 0 aliphatic carbocycles. The Hall–Kier alpha value is -1.03. The minimum absolute atomic E-state index is 0.484. The van der Waals surface area contributed by atoms with Crippen molar-refractivity contribution in [2.75, 3.05) is 0 Å². The molecule has 1 aromatic rings. The second-order valence-electron chi connectivity index (χ2n) is 2.21. The van der Waals surface area contributed by atoms with Gasteiger partial charge in [-0.3, -0.25) is 0 Å². The molecule has 12 heavy (non-hydrogen) atoms. The molecule has 0 bridgehead atoms. The topological polar surface area (TPSA) is 20.2 Å². The summed E-state index contributed by atoms with van der Waals surface area (Å²) in [5.74, 6) is 0. The van der Waals surface area contributed by atoms with Crippen molar-refractivity contribution >= 4 is 0 Å². The zero-order valence-corrected chi connectivity index (χ0v) is 5.97. The van der Waals surface area contributed by atoms with E-state index in [4.69, 9.17) is 6.48 Å². The van der Waals surface area contributed by atoms with Crippen LogP contribution in [0.15, 0.2) is 30.3 Å². The molecule has 1 N–H and O–H groups in total. The second kappa shape index (κ2) is 3.15. The lowest BCUT2D eigenvalue weighted by Crippen LogP contribution is -2.19. The molecule has 0 aromatic heterocycles. The van der Waals surface area contributed by atoms with E-state index in [-0.39, 0.29) is 0 Å². The van der Waals surface area contributed by atoms with E-state index in [1.165, 1.54) is 18.2 Å². The fourth-order valence-electron chi connectivity index (χ4n) is 0.760. The first-order valence-corrected chi connectivity index (χ1v) is 3.20. The van der Waals surface area contributed by atoms with E-state index in [1.807, 2.05) is 0 Å². The summed E-state index contributed by atoms with van der Waals surface area (Å²) in [7, 11) is 0. The van der Waals surface area contributed by atoms with E-state index in [1.54, 1.807) is 0 Å². The predicted molar refractivity (Wildman–Crippen MR) is 37.5 cm³/mol. The van der Waals surface area contributed by atoms with Crippen LogP contribution in [0.3, 0.4) is 0 Å². The average Bonchev–Trinajstić information content (AvgIpc) is 2.04. The molecule has 0 fully saturated rings. The summed E-state index contributed by atoms with van der Waals surface area (Å²) in [6.45, 7) is 0. The molecule has 4 heteroatoms. The normalized spacial score (nSPS) is 18.2. The van der Waals surface area contributed by atoms with Gasteiger partial charge in [-0.1, -0.05) is 30.3 Å². The molecule has 1 nitrogen and oxygen atoms in total. The van der Waals surface area contributed by atoms with E-state index < -0.39 is 17.8 Å². The van der Waals surface area contributed by atoms with Gasteiger partial charge in [0.15, 0.2) is 6.08 Å². The Morgan fingerprint density at radius 3 is 2.17 bits per heavy atom. The summed E-state index contributed by atoms with van der Waals surface area (Å²) in [6, 6.07) is 6.29. The fourth-order valence-corrected chi connectivity index (χ4v) is 0.760. The molecule has 0 amide bonds. The van der Waals surface area contributed by atoms with E-state index in [2.05, 4.69) is 0 Å². The van der Waals surface area contributed by atoms with Crippen molar-refractivity contribution in [2.45, 2.75) is 12.3 Å². The minimum Gasteiger partial charge on any atom is -0.379 e. The van der Waals surface area contributed by atoms with Crippen LogP contribution in [0.25, 0.3) is 0 Å². The molecule has 0 heterocycles. The molecule has 0 aliphatic rings. The van der Waals surface area contributed by atoms with Gasteiger partial charge in [0.2, 0.25) is 0 Å². The number of aliphatic hydroxyl groups is 1. The molecule has 0 saturated carbocycles. The van der Waals surface area contributed by atoms with Gasteiger partial charge in [-0.15, -0.1) is 0 Å². The van der Waals surface area contributed by atoms with E-state index in [0.717, 1.165) is 12.1 Å². The van der Waals surface area contributed by atoms with Crippen molar-refractivity contribution in [2.24, 2.45) is 0 Å². The van der Waals surface area contributed by atoms with Gasteiger partial charge in [0.1, 0.15) is 0 Å². The van der Waals surface area contributed by atoms with Crippen molar-refractivity contribution in [1.82, 2.24) is 0 Å². The number of hydrogen-bond donors (Lipinski definition) is 1. The number of hydrogen-bond acceptors (Lipinski definition) is 1. The van der Waals surface area contributed by atoms with E-state index in [0.29, 0.717) is 0 Å². The summed E-state index contributed by atoms with van der Waals surface area (Å²) in [4.78, 5) is 0. The van der Waals surface area contributed by atoms with Crippen LogP contribution in [-0.4, -0.2) is 11.3 Å². The Balaban J connectivity index is 3.08. The van der Waals surface area contributed by atoms with Crippen molar-refractivity contribution in [3.05, 3.63) is 35.9 Å². The summed E-state index contributed by atoms with van der Waals surface area (Å²) < 4.78 is 43.0. The first-order chi connectivity index (χ1) is 5.86.